The number of carbonyl (C=O) groups is 1. The van der Waals surface area contributed by atoms with Gasteiger partial charge in [0.2, 0.25) is 15.9 Å². The molecule has 0 saturated heterocycles. The normalized spacial score (nSPS) is 18.3. The number of rotatable bonds is 3. The van der Waals surface area contributed by atoms with Crippen LogP contribution in [-0.2, 0) is 14.8 Å². The first kappa shape index (κ1) is 11.9. The Hall–Kier alpha value is -1.56. The van der Waals surface area contributed by atoms with E-state index in [0.29, 0.717) is 6.54 Å². The standard InChI is InChI=1S/C11H14N2O3S/c1-2-17(15,16)13-11(14)9-7-12-10-6-4-3-5-8(9)10/h3-6,9,12H,2,7H2,1H3,(H,13,14). The van der Waals surface area contributed by atoms with Crippen LogP contribution in [0.5, 0.6) is 0 Å². The quantitative estimate of drug-likeness (QED) is 0.831. The van der Waals surface area contributed by atoms with Gasteiger partial charge in [0, 0.05) is 12.2 Å². The van der Waals surface area contributed by atoms with Crippen molar-refractivity contribution in [3.05, 3.63) is 29.8 Å². The predicted molar refractivity (Wildman–Crippen MR) is 65.3 cm³/mol. The summed E-state index contributed by atoms with van der Waals surface area (Å²) in [6.07, 6.45) is 0. The second-order valence-corrected chi connectivity index (χ2v) is 5.90. The van der Waals surface area contributed by atoms with Crippen molar-refractivity contribution in [1.82, 2.24) is 4.72 Å². The molecule has 0 spiro atoms. The van der Waals surface area contributed by atoms with E-state index >= 15 is 0 Å². The smallest absolute Gasteiger partial charge is 0.242 e. The van der Waals surface area contributed by atoms with Gasteiger partial charge in [-0.3, -0.25) is 9.52 Å². The van der Waals surface area contributed by atoms with Gasteiger partial charge in [0.1, 0.15) is 0 Å². The van der Waals surface area contributed by atoms with Crippen LogP contribution >= 0.6 is 0 Å². The van der Waals surface area contributed by atoms with Crippen LogP contribution < -0.4 is 10.0 Å². The molecule has 2 rings (SSSR count). The molecule has 0 radical (unpaired) electrons. The third kappa shape index (κ3) is 2.41. The van der Waals surface area contributed by atoms with E-state index in [4.69, 9.17) is 0 Å². The fraction of sp³-hybridized carbons (Fsp3) is 0.364. The molecular weight excluding hydrogens is 240 g/mol. The molecule has 1 aromatic carbocycles. The second kappa shape index (κ2) is 4.37. The van der Waals surface area contributed by atoms with Crippen molar-refractivity contribution in [1.29, 1.82) is 0 Å². The van der Waals surface area contributed by atoms with E-state index in [1.54, 1.807) is 0 Å². The Labute approximate surface area is 100 Å². The Morgan fingerprint density at radius 1 is 1.47 bits per heavy atom. The number of para-hydroxylation sites is 1. The third-order valence-corrected chi connectivity index (χ3v) is 4.06. The van der Waals surface area contributed by atoms with Crippen molar-refractivity contribution in [2.45, 2.75) is 12.8 Å². The first-order valence-electron chi connectivity index (χ1n) is 5.40. The van der Waals surface area contributed by atoms with Crippen molar-refractivity contribution in [3.8, 4) is 0 Å². The van der Waals surface area contributed by atoms with Gasteiger partial charge in [-0.25, -0.2) is 8.42 Å². The number of nitrogens with one attached hydrogen (secondary N) is 2. The summed E-state index contributed by atoms with van der Waals surface area (Å²) >= 11 is 0. The number of sulfonamides is 1. The monoisotopic (exact) mass is 254 g/mol. The molecule has 6 heteroatoms. The van der Waals surface area contributed by atoms with Gasteiger partial charge in [0.25, 0.3) is 0 Å². The van der Waals surface area contributed by atoms with E-state index in [0.717, 1.165) is 11.3 Å². The zero-order valence-corrected chi connectivity index (χ0v) is 10.3. The van der Waals surface area contributed by atoms with Gasteiger partial charge in [0.05, 0.1) is 11.7 Å². The Morgan fingerprint density at radius 3 is 2.88 bits per heavy atom. The molecule has 17 heavy (non-hydrogen) atoms. The Bertz CT molecular complexity index is 539. The summed E-state index contributed by atoms with van der Waals surface area (Å²) in [6, 6.07) is 7.41. The fourth-order valence-electron chi connectivity index (χ4n) is 1.81. The molecule has 0 fully saturated rings. The highest BCUT2D eigenvalue weighted by Crippen LogP contribution is 2.30. The van der Waals surface area contributed by atoms with Crippen molar-refractivity contribution in [2.75, 3.05) is 17.6 Å². The molecule has 1 aliphatic rings. The minimum absolute atomic E-state index is 0.0967. The van der Waals surface area contributed by atoms with Gasteiger partial charge in [0.15, 0.2) is 0 Å². The minimum atomic E-state index is -3.49. The summed E-state index contributed by atoms with van der Waals surface area (Å²) in [7, 11) is -3.49. The molecule has 1 unspecified atom stereocenters. The maximum atomic E-state index is 11.9. The maximum absolute atomic E-state index is 11.9. The van der Waals surface area contributed by atoms with Crippen LogP contribution in [-0.4, -0.2) is 26.6 Å². The van der Waals surface area contributed by atoms with Crippen LogP contribution in [0.2, 0.25) is 0 Å². The number of amides is 1. The van der Waals surface area contributed by atoms with Crippen molar-refractivity contribution in [2.24, 2.45) is 0 Å². The SMILES string of the molecule is CCS(=O)(=O)NC(=O)C1CNc2ccccc21. The average molecular weight is 254 g/mol. The van der Waals surface area contributed by atoms with Crippen molar-refractivity contribution < 1.29 is 13.2 Å². The Morgan fingerprint density at radius 2 is 2.18 bits per heavy atom. The lowest BCUT2D eigenvalue weighted by Gasteiger charge is -2.10. The van der Waals surface area contributed by atoms with Crippen LogP contribution in [0.15, 0.2) is 24.3 Å². The van der Waals surface area contributed by atoms with E-state index in [1.165, 1.54) is 6.92 Å². The zero-order chi connectivity index (χ0) is 12.5. The van der Waals surface area contributed by atoms with E-state index < -0.39 is 21.8 Å². The van der Waals surface area contributed by atoms with Crippen LogP contribution in [0.1, 0.15) is 18.4 Å². The Kier molecular flexibility index (Phi) is 3.06. The van der Waals surface area contributed by atoms with Crippen LogP contribution in [0.4, 0.5) is 5.69 Å². The summed E-state index contributed by atoms with van der Waals surface area (Å²) in [5, 5.41) is 3.08. The second-order valence-electron chi connectivity index (χ2n) is 3.89. The molecule has 92 valence electrons. The molecule has 0 aliphatic carbocycles. The van der Waals surface area contributed by atoms with Gasteiger partial charge in [-0.2, -0.15) is 0 Å². The number of fused-ring (bicyclic) bond motifs is 1. The zero-order valence-electron chi connectivity index (χ0n) is 9.43. The van der Waals surface area contributed by atoms with Gasteiger partial charge in [-0.1, -0.05) is 18.2 Å². The number of benzene rings is 1. The molecule has 1 heterocycles. The molecule has 1 aromatic rings. The topological polar surface area (TPSA) is 75.3 Å². The lowest BCUT2D eigenvalue weighted by atomic mass is 10.0. The molecule has 1 amide bonds. The number of hydrogen-bond acceptors (Lipinski definition) is 4. The van der Waals surface area contributed by atoms with Gasteiger partial charge >= 0.3 is 0 Å². The van der Waals surface area contributed by atoms with Crippen LogP contribution in [0.3, 0.4) is 0 Å². The lowest BCUT2D eigenvalue weighted by molar-refractivity contribution is -0.120. The largest absolute Gasteiger partial charge is 0.384 e. The fourth-order valence-corrected chi connectivity index (χ4v) is 2.41. The van der Waals surface area contributed by atoms with Gasteiger partial charge < -0.3 is 5.32 Å². The molecular formula is C11H14N2O3S. The highest BCUT2D eigenvalue weighted by Gasteiger charge is 2.29. The van der Waals surface area contributed by atoms with Crippen molar-refractivity contribution >= 4 is 21.6 Å². The lowest BCUT2D eigenvalue weighted by Crippen LogP contribution is -2.36. The van der Waals surface area contributed by atoms with Gasteiger partial charge in [-0.15, -0.1) is 0 Å². The summed E-state index contributed by atoms with van der Waals surface area (Å²) in [5.41, 5.74) is 1.73. The van der Waals surface area contributed by atoms with E-state index in [2.05, 4.69) is 10.0 Å². The summed E-state index contributed by atoms with van der Waals surface area (Å²) in [5.74, 6) is -1.00. The first-order chi connectivity index (χ1) is 8.03. The molecule has 1 aliphatic heterocycles. The molecule has 0 bridgehead atoms. The predicted octanol–water partition coefficient (Wildman–Crippen LogP) is 0.662. The average Bonchev–Trinajstić information content (AvgIpc) is 2.72. The molecule has 2 N–H and O–H groups in total. The molecule has 5 nitrogen and oxygen atoms in total. The van der Waals surface area contributed by atoms with Crippen molar-refractivity contribution in [3.63, 3.8) is 0 Å². The highest BCUT2D eigenvalue weighted by molar-refractivity contribution is 7.90. The number of carbonyl (C=O) groups excluding carboxylic acids is 1. The van der Waals surface area contributed by atoms with Crippen LogP contribution in [0, 0.1) is 0 Å². The van der Waals surface area contributed by atoms with Gasteiger partial charge in [-0.05, 0) is 18.6 Å². The van der Waals surface area contributed by atoms with E-state index in [9.17, 15) is 13.2 Å². The molecule has 0 saturated carbocycles. The minimum Gasteiger partial charge on any atom is -0.384 e. The Balaban J connectivity index is 2.19. The molecule has 0 aromatic heterocycles. The number of hydrogen-bond donors (Lipinski definition) is 2. The summed E-state index contributed by atoms with van der Waals surface area (Å²) < 4.78 is 24.7. The first-order valence-corrected chi connectivity index (χ1v) is 7.06. The van der Waals surface area contributed by atoms with E-state index in [1.807, 2.05) is 24.3 Å². The van der Waals surface area contributed by atoms with Crippen LogP contribution in [0.25, 0.3) is 0 Å². The highest BCUT2D eigenvalue weighted by atomic mass is 32.2. The molecule has 1 atom stereocenters. The van der Waals surface area contributed by atoms with E-state index in [-0.39, 0.29) is 5.75 Å². The number of anilines is 1. The summed E-state index contributed by atoms with van der Waals surface area (Å²) in [4.78, 5) is 11.9. The maximum Gasteiger partial charge on any atom is 0.242 e. The third-order valence-electron chi connectivity index (χ3n) is 2.79. The summed E-state index contributed by atoms with van der Waals surface area (Å²) in [6.45, 7) is 1.93.